The van der Waals surface area contributed by atoms with E-state index in [1.807, 2.05) is 12.1 Å². The summed E-state index contributed by atoms with van der Waals surface area (Å²) in [5.41, 5.74) is 1.20. The molecule has 2 aromatic rings. The Balaban J connectivity index is 0.00000338. The van der Waals surface area contributed by atoms with Crippen molar-refractivity contribution in [3.05, 3.63) is 41.3 Å². The van der Waals surface area contributed by atoms with E-state index in [4.69, 9.17) is 9.47 Å². The molecule has 1 heterocycles. The fraction of sp³-hybridized carbons (Fsp3) is 0.421. The molecule has 0 atom stereocenters. The maximum absolute atomic E-state index is 5.21. The molecule has 1 aromatic heterocycles. The summed E-state index contributed by atoms with van der Waals surface area (Å²) in [7, 11) is 3.40. The molecule has 7 heteroatoms. The van der Waals surface area contributed by atoms with E-state index in [2.05, 4.69) is 46.8 Å². The molecular formula is C19H28IN3O2S. The average Bonchev–Trinajstić information content (AvgIpc) is 3.12. The van der Waals surface area contributed by atoms with Gasteiger partial charge in [-0.15, -0.1) is 35.3 Å². The summed E-state index contributed by atoms with van der Waals surface area (Å²) in [5, 5.41) is 6.60. The SMILES string of the molecule is CCNC(=NCc1ccc(-c2ccc(OC)cc2)s1)NCCCOC.I. The second-order valence-corrected chi connectivity index (χ2v) is 6.63. The van der Waals surface area contributed by atoms with E-state index in [-0.39, 0.29) is 24.0 Å². The number of benzene rings is 1. The minimum atomic E-state index is 0. The first-order valence-corrected chi connectivity index (χ1v) is 9.32. The van der Waals surface area contributed by atoms with Gasteiger partial charge in [-0.25, -0.2) is 4.99 Å². The highest BCUT2D eigenvalue weighted by atomic mass is 127. The van der Waals surface area contributed by atoms with Gasteiger partial charge in [-0.3, -0.25) is 0 Å². The van der Waals surface area contributed by atoms with Gasteiger partial charge >= 0.3 is 0 Å². The number of hydrogen-bond acceptors (Lipinski definition) is 4. The molecule has 2 N–H and O–H groups in total. The highest BCUT2D eigenvalue weighted by Gasteiger charge is 2.04. The lowest BCUT2D eigenvalue weighted by Gasteiger charge is -2.10. The van der Waals surface area contributed by atoms with Crippen LogP contribution >= 0.6 is 35.3 Å². The topological polar surface area (TPSA) is 54.9 Å². The van der Waals surface area contributed by atoms with Crippen LogP contribution < -0.4 is 15.4 Å². The normalized spacial score (nSPS) is 11.0. The Labute approximate surface area is 177 Å². The molecule has 0 fully saturated rings. The third-order valence-corrected chi connectivity index (χ3v) is 4.71. The average molecular weight is 489 g/mol. The number of rotatable bonds is 9. The number of aliphatic imine (C=N–C) groups is 1. The van der Waals surface area contributed by atoms with E-state index in [0.717, 1.165) is 37.8 Å². The van der Waals surface area contributed by atoms with Crippen LogP contribution in [0, 0.1) is 0 Å². The monoisotopic (exact) mass is 489 g/mol. The molecule has 0 aliphatic rings. The van der Waals surface area contributed by atoms with Crippen molar-refractivity contribution in [1.29, 1.82) is 0 Å². The van der Waals surface area contributed by atoms with Crippen LogP contribution in [0.25, 0.3) is 10.4 Å². The standard InChI is InChI=1S/C19H27N3O2S.HI/c1-4-20-19(21-12-5-13-23-2)22-14-17-10-11-18(25-17)15-6-8-16(24-3)9-7-15;/h6-11H,4-5,12-14H2,1-3H3,(H2,20,21,22);1H. The van der Waals surface area contributed by atoms with Gasteiger partial charge in [-0.1, -0.05) is 0 Å². The minimum Gasteiger partial charge on any atom is -0.497 e. The van der Waals surface area contributed by atoms with E-state index >= 15 is 0 Å². The van der Waals surface area contributed by atoms with E-state index in [1.165, 1.54) is 15.3 Å². The number of hydrogen-bond donors (Lipinski definition) is 2. The Kier molecular flexibility index (Phi) is 11.3. The van der Waals surface area contributed by atoms with Crippen molar-refractivity contribution < 1.29 is 9.47 Å². The van der Waals surface area contributed by atoms with E-state index in [0.29, 0.717) is 6.54 Å². The largest absolute Gasteiger partial charge is 0.497 e. The van der Waals surface area contributed by atoms with E-state index < -0.39 is 0 Å². The molecule has 5 nitrogen and oxygen atoms in total. The first kappa shape index (κ1) is 22.7. The van der Waals surface area contributed by atoms with Gasteiger partial charge in [-0.2, -0.15) is 0 Å². The summed E-state index contributed by atoms with van der Waals surface area (Å²) in [5.74, 6) is 1.72. The highest BCUT2D eigenvalue weighted by molar-refractivity contribution is 14.0. The zero-order valence-electron chi connectivity index (χ0n) is 15.6. The van der Waals surface area contributed by atoms with Crippen molar-refractivity contribution >= 4 is 41.3 Å². The van der Waals surface area contributed by atoms with Crippen LogP contribution in [0.1, 0.15) is 18.2 Å². The third-order valence-electron chi connectivity index (χ3n) is 3.59. The van der Waals surface area contributed by atoms with Gasteiger partial charge < -0.3 is 20.1 Å². The number of ether oxygens (including phenoxy) is 2. The van der Waals surface area contributed by atoms with Crippen LogP contribution in [0.5, 0.6) is 5.75 Å². The van der Waals surface area contributed by atoms with Gasteiger partial charge in [0.15, 0.2) is 5.96 Å². The number of thiophene rings is 1. The summed E-state index contributed by atoms with van der Waals surface area (Å²) in [6.07, 6.45) is 0.960. The molecule has 26 heavy (non-hydrogen) atoms. The second-order valence-electron chi connectivity index (χ2n) is 5.46. The first-order chi connectivity index (χ1) is 12.3. The molecule has 0 amide bonds. The number of guanidine groups is 1. The van der Waals surface area contributed by atoms with Crippen molar-refractivity contribution in [3.8, 4) is 16.2 Å². The van der Waals surface area contributed by atoms with Crippen LogP contribution in [0.15, 0.2) is 41.4 Å². The minimum absolute atomic E-state index is 0. The molecule has 1 aromatic carbocycles. The smallest absolute Gasteiger partial charge is 0.191 e. The van der Waals surface area contributed by atoms with Gasteiger partial charge in [0.2, 0.25) is 0 Å². The molecule has 0 bridgehead atoms. The number of nitrogens with zero attached hydrogens (tertiary/aromatic N) is 1. The lowest BCUT2D eigenvalue weighted by Crippen LogP contribution is -2.38. The molecule has 0 unspecified atom stereocenters. The lowest BCUT2D eigenvalue weighted by molar-refractivity contribution is 0.195. The van der Waals surface area contributed by atoms with Crippen LogP contribution in [0.3, 0.4) is 0 Å². The lowest BCUT2D eigenvalue weighted by atomic mass is 10.2. The Morgan fingerprint density at radius 3 is 2.50 bits per heavy atom. The van der Waals surface area contributed by atoms with Crippen molar-refractivity contribution in [3.63, 3.8) is 0 Å². The maximum Gasteiger partial charge on any atom is 0.191 e. The molecule has 0 saturated heterocycles. The number of nitrogens with one attached hydrogen (secondary N) is 2. The zero-order valence-corrected chi connectivity index (χ0v) is 18.7. The fourth-order valence-corrected chi connectivity index (χ4v) is 3.23. The Bertz CT molecular complexity index is 659. The van der Waals surface area contributed by atoms with Gasteiger partial charge in [0.05, 0.1) is 13.7 Å². The molecular weight excluding hydrogens is 461 g/mol. The zero-order chi connectivity index (χ0) is 17.9. The Morgan fingerprint density at radius 1 is 1.08 bits per heavy atom. The van der Waals surface area contributed by atoms with Crippen molar-refractivity contribution in [2.75, 3.05) is 33.9 Å². The number of methoxy groups -OCH3 is 2. The number of halogens is 1. The van der Waals surface area contributed by atoms with Crippen molar-refractivity contribution in [2.45, 2.75) is 19.9 Å². The molecule has 0 saturated carbocycles. The van der Waals surface area contributed by atoms with Gasteiger partial charge in [0, 0.05) is 36.6 Å². The summed E-state index contributed by atoms with van der Waals surface area (Å²) in [4.78, 5) is 7.14. The van der Waals surface area contributed by atoms with Crippen LogP contribution in [0.4, 0.5) is 0 Å². The molecule has 0 spiro atoms. The molecule has 0 aliphatic heterocycles. The van der Waals surface area contributed by atoms with Crippen molar-refractivity contribution in [1.82, 2.24) is 10.6 Å². The molecule has 2 rings (SSSR count). The summed E-state index contributed by atoms with van der Waals surface area (Å²) < 4.78 is 10.3. The molecule has 0 aliphatic carbocycles. The summed E-state index contributed by atoms with van der Waals surface area (Å²) in [6, 6.07) is 12.4. The summed E-state index contributed by atoms with van der Waals surface area (Å²) in [6.45, 7) is 5.18. The predicted octanol–water partition coefficient (Wildman–Crippen LogP) is 4.13. The molecule has 144 valence electrons. The van der Waals surface area contributed by atoms with Crippen molar-refractivity contribution in [2.24, 2.45) is 4.99 Å². The second kappa shape index (κ2) is 12.9. The van der Waals surface area contributed by atoms with Crippen LogP contribution in [-0.2, 0) is 11.3 Å². The first-order valence-electron chi connectivity index (χ1n) is 8.51. The Hall–Kier alpha value is -1.32. The highest BCUT2D eigenvalue weighted by Crippen LogP contribution is 2.29. The van der Waals surface area contributed by atoms with E-state index in [1.54, 1.807) is 25.6 Å². The Morgan fingerprint density at radius 2 is 1.85 bits per heavy atom. The summed E-state index contributed by atoms with van der Waals surface area (Å²) >= 11 is 1.77. The van der Waals surface area contributed by atoms with Gasteiger partial charge in [-0.05, 0) is 55.3 Å². The van der Waals surface area contributed by atoms with E-state index in [9.17, 15) is 0 Å². The van der Waals surface area contributed by atoms with Gasteiger partial charge in [0.25, 0.3) is 0 Å². The quantitative estimate of drug-likeness (QED) is 0.241. The van der Waals surface area contributed by atoms with Gasteiger partial charge in [0.1, 0.15) is 5.75 Å². The van der Waals surface area contributed by atoms with Crippen LogP contribution in [0.2, 0.25) is 0 Å². The van der Waals surface area contributed by atoms with Crippen LogP contribution in [-0.4, -0.2) is 39.9 Å². The maximum atomic E-state index is 5.21. The fourth-order valence-electron chi connectivity index (χ4n) is 2.30. The third kappa shape index (κ3) is 7.51. The molecule has 0 radical (unpaired) electrons. The predicted molar refractivity (Wildman–Crippen MR) is 121 cm³/mol.